The number of piperazine rings is 1. The molecule has 0 saturated carbocycles. The highest BCUT2D eigenvalue weighted by molar-refractivity contribution is 6.05. The number of amides is 1. The van der Waals surface area contributed by atoms with Crippen LogP contribution in [0.3, 0.4) is 0 Å². The number of hydrogen-bond acceptors (Lipinski definition) is 6. The molecule has 2 aliphatic rings. The normalized spacial score (nSPS) is 15.9. The van der Waals surface area contributed by atoms with E-state index in [0.717, 1.165) is 49.2 Å². The van der Waals surface area contributed by atoms with Gasteiger partial charge in [0.1, 0.15) is 5.69 Å². The zero-order valence-corrected chi connectivity index (χ0v) is 19.6. The third-order valence-electron chi connectivity index (χ3n) is 6.98. The van der Waals surface area contributed by atoms with Crippen LogP contribution in [-0.2, 0) is 19.6 Å². The molecular formula is C28H28N6O. The molecule has 4 aromatic rings. The van der Waals surface area contributed by atoms with Crippen LogP contribution in [0, 0.1) is 0 Å². The molecule has 0 atom stereocenters. The van der Waals surface area contributed by atoms with E-state index in [0.29, 0.717) is 24.3 Å². The van der Waals surface area contributed by atoms with Crippen LogP contribution in [0.2, 0.25) is 0 Å². The van der Waals surface area contributed by atoms with E-state index in [1.54, 1.807) is 0 Å². The number of carbonyl (C=O) groups excluding carboxylic acids is 1. The van der Waals surface area contributed by atoms with Gasteiger partial charge in [0.25, 0.3) is 5.91 Å². The highest BCUT2D eigenvalue weighted by atomic mass is 16.2. The number of benzene rings is 3. The molecule has 3 N–H and O–H groups in total. The van der Waals surface area contributed by atoms with Crippen molar-refractivity contribution in [2.45, 2.75) is 19.6 Å². The SMILES string of the molecule is Nc1nc(C(=O)N2Cc3ccccc3C2)c2cc(-c3ccccc3CN3CCNCC3)ccc2n1. The van der Waals surface area contributed by atoms with Gasteiger partial charge in [-0.1, -0.05) is 54.6 Å². The van der Waals surface area contributed by atoms with Crippen molar-refractivity contribution in [2.75, 3.05) is 31.9 Å². The standard InChI is InChI=1S/C28H28N6O/c29-28-31-25-10-9-19(23-8-4-3-7-22(23)16-33-13-11-30-12-14-33)15-24(25)26(32-28)27(35)34-17-20-5-1-2-6-21(20)18-34/h1-10,15,30H,11-14,16-18H2,(H2,29,31,32). The Morgan fingerprint density at radius 1 is 0.914 bits per heavy atom. The highest BCUT2D eigenvalue weighted by Gasteiger charge is 2.27. The number of anilines is 1. The van der Waals surface area contributed by atoms with Gasteiger partial charge in [-0.15, -0.1) is 0 Å². The van der Waals surface area contributed by atoms with Crippen LogP contribution < -0.4 is 11.1 Å². The number of nitrogens with zero attached hydrogens (tertiary/aromatic N) is 4. The van der Waals surface area contributed by atoms with Crippen molar-refractivity contribution >= 4 is 22.8 Å². The molecule has 2 aliphatic heterocycles. The molecule has 1 saturated heterocycles. The summed E-state index contributed by atoms with van der Waals surface area (Å²) in [6.45, 7) is 6.16. The quantitative estimate of drug-likeness (QED) is 0.481. The van der Waals surface area contributed by atoms with Crippen molar-refractivity contribution in [1.82, 2.24) is 25.1 Å². The van der Waals surface area contributed by atoms with Gasteiger partial charge in [0, 0.05) is 51.2 Å². The van der Waals surface area contributed by atoms with Crippen LogP contribution in [0.15, 0.2) is 66.7 Å². The molecule has 3 heterocycles. The summed E-state index contributed by atoms with van der Waals surface area (Å²) in [5, 5.41) is 4.15. The van der Waals surface area contributed by atoms with Gasteiger partial charge in [-0.25, -0.2) is 9.97 Å². The molecule has 1 fully saturated rings. The number of nitrogen functional groups attached to an aromatic ring is 1. The van der Waals surface area contributed by atoms with Crippen molar-refractivity contribution in [3.8, 4) is 11.1 Å². The van der Waals surface area contributed by atoms with E-state index in [4.69, 9.17) is 5.73 Å². The molecule has 0 radical (unpaired) electrons. The molecule has 3 aromatic carbocycles. The first-order chi connectivity index (χ1) is 17.2. The molecule has 0 aliphatic carbocycles. The molecule has 0 unspecified atom stereocenters. The molecule has 0 spiro atoms. The second kappa shape index (κ2) is 9.09. The lowest BCUT2D eigenvalue weighted by atomic mass is 9.97. The average Bonchev–Trinajstić information content (AvgIpc) is 3.33. The van der Waals surface area contributed by atoms with E-state index in [9.17, 15) is 4.79 Å². The largest absolute Gasteiger partial charge is 0.368 e. The van der Waals surface area contributed by atoms with E-state index in [-0.39, 0.29) is 11.9 Å². The fourth-order valence-electron chi connectivity index (χ4n) is 5.15. The zero-order valence-electron chi connectivity index (χ0n) is 19.6. The molecule has 0 bridgehead atoms. The minimum absolute atomic E-state index is 0.115. The number of nitrogens with one attached hydrogen (secondary N) is 1. The van der Waals surface area contributed by atoms with E-state index >= 15 is 0 Å². The molecule has 6 rings (SSSR count). The van der Waals surface area contributed by atoms with Crippen molar-refractivity contribution in [3.05, 3.63) is 89.1 Å². The van der Waals surface area contributed by atoms with Crippen molar-refractivity contribution in [2.24, 2.45) is 0 Å². The summed E-state index contributed by atoms with van der Waals surface area (Å²) in [7, 11) is 0. The lowest BCUT2D eigenvalue weighted by Crippen LogP contribution is -2.42. The van der Waals surface area contributed by atoms with Gasteiger partial charge in [-0.3, -0.25) is 9.69 Å². The lowest BCUT2D eigenvalue weighted by Gasteiger charge is -2.28. The van der Waals surface area contributed by atoms with Gasteiger partial charge in [0.2, 0.25) is 5.95 Å². The Bertz CT molecular complexity index is 1390. The number of rotatable bonds is 4. The number of fused-ring (bicyclic) bond motifs is 2. The van der Waals surface area contributed by atoms with Crippen LogP contribution in [0.5, 0.6) is 0 Å². The van der Waals surface area contributed by atoms with Gasteiger partial charge in [0.15, 0.2) is 0 Å². The average molecular weight is 465 g/mol. The molecule has 7 nitrogen and oxygen atoms in total. The highest BCUT2D eigenvalue weighted by Crippen LogP contribution is 2.31. The Hall–Kier alpha value is -3.81. The summed E-state index contributed by atoms with van der Waals surface area (Å²) in [6, 6.07) is 22.7. The predicted molar refractivity (Wildman–Crippen MR) is 138 cm³/mol. The third-order valence-corrected chi connectivity index (χ3v) is 6.98. The van der Waals surface area contributed by atoms with Crippen LogP contribution in [0.1, 0.15) is 27.2 Å². The Morgan fingerprint density at radius 3 is 2.40 bits per heavy atom. The van der Waals surface area contributed by atoms with Crippen LogP contribution in [0.25, 0.3) is 22.0 Å². The summed E-state index contributed by atoms with van der Waals surface area (Å²) in [4.78, 5) is 26.8. The number of aromatic nitrogens is 2. The van der Waals surface area contributed by atoms with Gasteiger partial charge in [0.05, 0.1) is 5.52 Å². The minimum Gasteiger partial charge on any atom is -0.368 e. The maximum atomic E-state index is 13.6. The fraction of sp³-hybridized carbons (Fsp3) is 0.250. The zero-order chi connectivity index (χ0) is 23.8. The van der Waals surface area contributed by atoms with Crippen molar-refractivity contribution in [1.29, 1.82) is 0 Å². The third kappa shape index (κ3) is 4.24. The minimum atomic E-state index is -0.119. The number of hydrogen-bond donors (Lipinski definition) is 2. The smallest absolute Gasteiger partial charge is 0.273 e. The maximum Gasteiger partial charge on any atom is 0.273 e. The molecule has 1 aromatic heterocycles. The molecular weight excluding hydrogens is 436 g/mol. The van der Waals surface area contributed by atoms with Gasteiger partial charge in [-0.2, -0.15) is 0 Å². The second-order valence-electron chi connectivity index (χ2n) is 9.28. The van der Waals surface area contributed by atoms with E-state index in [1.807, 2.05) is 29.2 Å². The Kier molecular flexibility index (Phi) is 5.64. The van der Waals surface area contributed by atoms with E-state index in [1.165, 1.54) is 16.7 Å². The van der Waals surface area contributed by atoms with Gasteiger partial charge < -0.3 is 16.0 Å². The summed E-state index contributed by atoms with van der Waals surface area (Å²) in [6.07, 6.45) is 0. The fourth-order valence-corrected chi connectivity index (χ4v) is 5.15. The summed E-state index contributed by atoms with van der Waals surface area (Å²) < 4.78 is 0. The molecule has 1 amide bonds. The maximum absolute atomic E-state index is 13.6. The van der Waals surface area contributed by atoms with E-state index < -0.39 is 0 Å². The molecule has 7 heteroatoms. The first-order valence-corrected chi connectivity index (χ1v) is 12.1. The van der Waals surface area contributed by atoms with Crippen LogP contribution >= 0.6 is 0 Å². The van der Waals surface area contributed by atoms with Crippen LogP contribution in [0.4, 0.5) is 5.95 Å². The summed E-state index contributed by atoms with van der Waals surface area (Å²) in [5.41, 5.74) is 12.9. The second-order valence-corrected chi connectivity index (χ2v) is 9.28. The first-order valence-electron chi connectivity index (χ1n) is 12.1. The monoisotopic (exact) mass is 464 g/mol. The van der Waals surface area contributed by atoms with Crippen molar-refractivity contribution in [3.63, 3.8) is 0 Å². The summed E-state index contributed by atoms with van der Waals surface area (Å²) in [5.74, 6) is -0.00373. The Balaban J connectivity index is 1.37. The van der Waals surface area contributed by atoms with E-state index in [2.05, 4.69) is 62.6 Å². The Labute approximate surface area is 204 Å². The van der Waals surface area contributed by atoms with Crippen molar-refractivity contribution < 1.29 is 4.79 Å². The number of carbonyl (C=O) groups is 1. The van der Waals surface area contributed by atoms with Crippen LogP contribution in [-0.4, -0.2) is 51.9 Å². The van der Waals surface area contributed by atoms with Gasteiger partial charge in [-0.05, 0) is 39.9 Å². The molecule has 176 valence electrons. The number of nitrogens with two attached hydrogens (primary N) is 1. The Morgan fingerprint density at radius 2 is 1.63 bits per heavy atom. The summed E-state index contributed by atoms with van der Waals surface area (Å²) >= 11 is 0. The molecule has 35 heavy (non-hydrogen) atoms. The predicted octanol–water partition coefficient (Wildman–Crippen LogP) is 3.44. The lowest BCUT2D eigenvalue weighted by molar-refractivity contribution is 0.0747. The first kappa shape index (κ1) is 21.7. The topological polar surface area (TPSA) is 87.4 Å². The van der Waals surface area contributed by atoms with Gasteiger partial charge >= 0.3 is 0 Å².